The normalized spacial score (nSPS) is 11.8. The number of carbonyl (C=O) groups excluding carboxylic acids is 1. The molecule has 0 aliphatic rings. The molecule has 0 aliphatic carbocycles. The van der Waals surface area contributed by atoms with Gasteiger partial charge in [0.05, 0.1) is 0 Å². The molecule has 2 aromatic rings. The van der Waals surface area contributed by atoms with Crippen LogP contribution in [0.2, 0.25) is 0 Å². The standard InChI is InChI=1S/C17H20N2O2/c1-12-5-3-4-6-16(12)19-17(20)11-21-15-9-7-14(8-10-15)13(2)18/h3-10,13H,11,18H2,1-2H3,(H,19,20)/t13-/m0/s1. The molecule has 0 radical (unpaired) electrons. The Morgan fingerprint density at radius 1 is 1.19 bits per heavy atom. The Labute approximate surface area is 124 Å². The van der Waals surface area contributed by atoms with Crippen LogP contribution in [0.15, 0.2) is 48.5 Å². The molecule has 0 saturated heterocycles. The van der Waals surface area contributed by atoms with Gasteiger partial charge < -0.3 is 15.8 Å². The second-order valence-corrected chi connectivity index (χ2v) is 5.01. The molecule has 4 heteroatoms. The molecular formula is C17H20N2O2. The van der Waals surface area contributed by atoms with Gasteiger partial charge in [-0.15, -0.1) is 0 Å². The van der Waals surface area contributed by atoms with Crippen molar-refractivity contribution in [1.82, 2.24) is 0 Å². The van der Waals surface area contributed by atoms with Gasteiger partial charge in [0.2, 0.25) is 0 Å². The summed E-state index contributed by atoms with van der Waals surface area (Å²) in [6.07, 6.45) is 0. The zero-order valence-corrected chi connectivity index (χ0v) is 12.3. The SMILES string of the molecule is Cc1ccccc1NC(=O)COc1ccc([C@H](C)N)cc1. The fourth-order valence-corrected chi connectivity index (χ4v) is 1.92. The van der Waals surface area contributed by atoms with E-state index in [-0.39, 0.29) is 18.6 Å². The molecule has 2 rings (SSSR count). The van der Waals surface area contributed by atoms with Gasteiger partial charge in [-0.2, -0.15) is 0 Å². The summed E-state index contributed by atoms with van der Waals surface area (Å²) in [7, 11) is 0. The topological polar surface area (TPSA) is 64.3 Å². The first-order chi connectivity index (χ1) is 10.1. The van der Waals surface area contributed by atoms with E-state index in [4.69, 9.17) is 10.5 Å². The van der Waals surface area contributed by atoms with Crippen LogP contribution < -0.4 is 15.8 Å². The van der Waals surface area contributed by atoms with Crippen LogP contribution in [0.5, 0.6) is 5.75 Å². The van der Waals surface area contributed by atoms with E-state index in [0.29, 0.717) is 5.75 Å². The Balaban J connectivity index is 1.88. The minimum atomic E-state index is -0.180. The number of amides is 1. The van der Waals surface area contributed by atoms with Crippen molar-refractivity contribution >= 4 is 11.6 Å². The number of carbonyl (C=O) groups is 1. The van der Waals surface area contributed by atoms with Gasteiger partial charge in [0.15, 0.2) is 6.61 Å². The van der Waals surface area contributed by atoms with Crippen LogP contribution >= 0.6 is 0 Å². The zero-order chi connectivity index (χ0) is 15.2. The summed E-state index contributed by atoms with van der Waals surface area (Å²) in [4.78, 5) is 11.9. The van der Waals surface area contributed by atoms with Crippen molar-refractivity contribution in [3.63, 3.8) is 0 Å². The molecule has 0 saturated carbocycles. The number of nitrogens with one attached hydrogen (secondary N) is 1. The van der Waals surface area contributed by atoms with Gasteiger partial charge in [-0.25, -0.2) is 0 Å². The number of benzene rings is 2. The van der Waals surface area contributed by atoms with Gasteiger partial charge in [-0.3, -0.25) is 4.79 Å². The maximum absolute atomic E-state index is 11.9. The molecular weight excluding hydrogens is 264 g/mol. The molecule has 3 N–H and O–H groups in total. The number of rotatable bonds is 5. The minimum Gasteiger partial charge on any atom is -0.484 e. The Bertz CT molecular complexity index is 606. The van der Waals surface area contributed by atoms with Gasteiger partial charge in [-0.05, 0) is 43.2 Å². The summed E-state index contributed by atoms with van der Waals surface area (Å²) in [6.45, 7) is 3.85. The van der Waals surface area contributed by atoms with Gasteiger partial charge in [0.1, 0.15) is 5.75 Å². The number of para-hydroxylation sites is 1. The monoisotopic (exact) mass is 284 g/mol. The lowest BCUT2D eigenvalue weighted by atomic mass is 10.1. The number of anilines is 1. The zero-order valence-electron chi connectivity index (χ0n) is 12.3. The highest BCUT2D eigenvalue weighted by molar-refractivity contribution is 5.92. The van der Waals surface area contributed by atoms with Crippen molar-refractivity contribution in [2.24, 2.45) is 5.73 Å². The number of nitrogens with two attached hydrogens (primary N) is 1. The second kappa shape index (κ2) is 6.90. The van der Waals surface area contributed by atoms with E-state index < -0.39 is 0 Å². The van der Waals surface area contributed by atoms with Crippen LogP contribution in [0.3, 0.4) is 0 Å². The highest BCUT2D eigenvalue weighted by Gasteiger charge is 2.06. The molecule has 110 valence electrons. The van der Waals surface area contributed by atoms with Crippen LogP contribution in [-0.4, -0.2) is 12.5 Å². The lowest BCUT2D eigenvalue weighted by Crippen LogP contribution is -2.20. The number of ether oxygens (including phenoxy) is 1. The van der Waals surface area contributed by atoms with Gasteiger partial charge in [0.25, 0.3) is 5.91 Å². The molecule has 21 heavy (non-hydrogen) atoms. The van der Waals surface area contributed by atoms with Crippen LogP contribution in [0.4, 0.5) is 5.69 Å². The van der Waals surface area contributed by atoms with Crippen LogP contribution in [0.1, 0.15) is 24.1 Å². The third-order valence-corrected chi connectivity index (χ3v) is 3.19. The molecule has 1 amide bonds. The lowest BCUT2D eigenvalue weighted by Gasteiger charge is -2.10. The van der Waals surface area contributed by atoms with E-state index in [1.807, 2.05) is 62.4 Å². The van der Waals surface area contributed by atoms with Crippen molar-refractivity contribution in [1.29, 1.82) is 0 Å². The van der Waals surface area contributed by atoms with Crippen molar-refractivity contribution in [3.8, 4) is 5.75 Å². The quantitative estimate of drug-likeness (QED) is 0.887. The van der Waals surface area contributed by atoms with E-state index in [2.05, 4.69) is 5.32 Å². The second-order valence-electron chi connectivity index (χ2n) is 5.01. The summed E-state index contributed by atoms with van der Waals surface area (Å²) in [5, 5.41) is 2.83. The lowest BCUT2D eigenvalue weighted by molar-refractivity contribution is -0.118. The summed E-state index contributed by atoms with van der Waals surface area (Å²) in [5.41, 5.74) is 8.64. The van der Waals surface area contributed by atoms with E-state index in [0.717, 1.165) is 16.8 Å². The van der Waals surface area contributed by atoms with Crippen molar-refractivity contribution in [3.05, 3.63) is 59.7 Å². The summed E-state index contributed by atoms with van der Waals surface area (Å²) in [6, 6.07) is 15.1. The maximum atomic E-state index is 11.9. The molecule has 0 spiro atoms. The van der Waals surface area contributed by atoms with Gasteiger partial charge in [-0.1, -0.05) is 30.3 Å². The maximum Gasteiger partial charge on any atom is 0.262 e. The molecule has 0 unspecified atom stereocenters. The molecule has 1 atom stereocenters. The molecule has 0 bridgehead atoms. The van der Waals surface area contributed by atoms with Crippen LogP contribution in [0, 0.1) is 6.92 Å². The predicted octanol–water partition coefficient (Wildman–Crippen LogP) is 3.03. The van der Waals surface area contributed by atoms with Crippen molar-refractivity contribution < 1.29 is 9.53 Å². The first-order valence-corrected chi connectivity index (χ1v) is 6.90. The highest BCUT2D eigenvalue weighted by Crippen LogP contribution is 2.16. The third kappa shape index (κ3) is 4.33. The molecule has 0 heterocycles. The molecule has 0 fully saturated rings. The predicted molar refractivity (Wildman–Crippen MR) is 84.3 cm³/mol. The van der Waals surface area contributed by atoms with Gasteiger partial charge in [0, 0.05) is 11.7 Å². The number of aryl methyl sites for hydroxylation is 1. The largest absolute Gasteiger partial charge is 0.484 e. The fourth-order valence-electron chi connectivity index (χ4n) is 1.92. The number of hydrogen-bond acceptors (Lipinski definition) is 3. The number of hydrogen-bond donors (Lipinski definition) is 2. The summed E-state index contributed by atoms with van der Waals surface area (Å²) < 4.78 is 5.46. The molecule has 0 aromatic heterocycles. The van der Waals surface area contributed by atoms with E-state index in [9.17, 15) is 4.79 Å². The Hall–Kier alpha value is -2.33. The van der Waals surface area contributed by atoms with E-state index in [1.54, 1.807) is 0 Å². The van der Waals surface area contributed by atoms with E-state index in [1.165, 1.54) is 0 Å². The summed E-state index contributed by atoms with van der Waals surface area (Å²) in [5.74, 6) is 0.472. The first kappa shape index (κ1) is 15.1. The fraction of sp³-hybridized carbons (Fsp3) is 0.235. The smallest absolute Gasteiger partial charge is 0.262 e. The molecule has 0 aliphatic heterocycles. The Kier molecular flexibility index (Phi) is 4.95. The minimum absolute atomic E-state index is 0.0107. The van der Waals surface area contributed by atoms with Crippen molar-refractivity contribution in [2.45, 2.75) is 19.9 Å². The molecule has 2 aromatic carbocycles. The average molecular weight is 284 g/mol. The van der Waals surface area contributed by atoms with Crippen LogP contribution in [0.25, 0.3) is 0 Å². The first-order valence-electron chi connectivity index (χ1n) is 6.90. The third-order valence-electron chi connectivity index (χ3n) is 3.19. The van der Waals surface area contributed by atoms with Gasteiger partial charge >= 0.3 is 0 Å². The Morgan fingerprint density at radius 2 is 1.86 bits per heavy atom. The Morgan fingerprint density at radius 3 is 2.48 bits per heavy atom. The highest BCUT2D eigenvalue weighted by atomic mass is 16.5. The van der Waals surface area contributed by atoms with E-state index >= 15 is 0 Å². The summed E-state index contributed by atoms with van der Waals surface area (Å²) >= 11 is 0. The average Bonchev–Trinajstić information content (AvgIpc) is 2.48. The van der Waals surface area contributed by atoms with Crippen LogP contribution in [-0.2, 0) is 4.79 Å². The van der Waals surface area contributed by atoms with Crippen molar-refractivity contribution in [2.75, 3.05) is 11.9 Å². The molecule has 4 nitrogen and oxygen atoms in total.